The SMILES string of the molecule is Cc1cc(N(CC(=O)N(Cc2ccc(Br)cc2)[C@@H](C)C(=O)NCC(C)C)S(C)(=O)=O)ccc1Br. The fourth-order valence-corrected chi connectivity index (χ4v) is 4.57. The highest BCUT2D eigenvalue weighted by Gasteiger charge is 2.30. The second-order valence-electron chi connectivity index (χ2n) is 8.67. The Kier molecular flexibility index (Phi) is 10.1. The summed E-state index contributed by atoms with van der Waals surface area (Å²) in [5, 5.41) is 2.86. The maximum atomic E-state index is 13.5. The lowest BCUT2D eigenvalue weighted by Crippen LogP contribution is -2.51. The number of sulfonamides is 1. The van der Waals surface area contributed by atoms with Crippen molar-refractivity contribution in [3.63, 3.8) is 0 Å². The van der Waals surface area contributed by atoms with E-state index in [1.165, 1.54) is 4.90 Å². The number of aryl methyl sites for hydroxylation is 1. The molecule has 0 spiro atoms. The van der Waals surface area contributed by atoms with Crippen LogP contribution in [0.2, 0.25) is 0 Å². The number of hydrogen-bond donors (Lipinski definition) is 1. The molecular weight excluding hydrogens is 586 g/mol. The lowest BCUT2D eigenvalue weighted by molar-refractivity contribution is -0.139. The first kappa shape index (κ1) is 28.3. The number of nitrogens with zero attached hydrogens (tertiary/aromatic N) is 2. The van der Waals surface area contributed by atoms with E-state index < -0.39 is 28.5 Å². The third kappa shape index (κ3) is 8.09. The van der Waals surface area contributed by atoms with Crippen molar-refractivity contribution in [1.29, 1.82) is 0 Å². The van der Waals surface area contributed by atoms with E-state index in [0.29, 0.717) is 12.2 Å². The number of hydrogen-bond acceptors (Lipinski definition) is 4. The van der Waals surface area contributed by atoms with Crippen LogP contribution in [-0.4, -0.2) is 50.5 Å². The van der Waals surface area contributed by atoms with Crippen LogP contribution in [0.25, 0.3) is 0 Å². The molecule has 0 bridgehead atoms. The van der Waals surface area contributed by atoms with Crippen LogP contribution in [0.4, 0.5) is 5.69 Å². The van der Waals surface area contributed by atoms with Crippen molar-refractivity contribution >= 4 is 59.4 Å². The topological polar surface area (TPSA) is 86.8 Å². The lowest BCUT2D eigenvalue weighted by atomic mass is 10.1. The molecule has 0 saturated heterocycles. The van der Waals surface area contributed by atoms with Crippen molar-refractivity contribution in [2.45, 2.75) is 40.3 Å². The average Bonchev–Trinajstić information content (AvgIpc) is 2.76. The number of carbonyl (C=O) groups excluding carboxylic acids is 2. The Morgan fingerprint density at radius 1 is 1.03 bits per heavy atom. The molecule has 0 heterocycles. The molecule has 0 fully saturated rings. The molecule has 2 aromatic rings. The molecule has 0 radical (unpaired) electrons. The summed E-state index contributed by atoms with van der Waals surface area (Å²) >= 11 is 6.81. The van der Waals surface area contributed by atoms with Crippen molar-refractivity contribution in [1.82, 2.24) is 10.2 Å². The Morgan fingerprint density at radius 2 is 1.65 bits per heavy atom. The van der Waals surface area contributed by atoms with Gasteiger partial charge in [-0.05, 0) is 61.2 Å². The molecule has 2 aromatic carbocycles. The van der Waals surface area contributed by atoms with E-state index in [9.17, 15) is 18.0 Å². The van der Waals surface area contributed by atoms with Gasteiger partial charge in [-0.15, -0.1) is 0 Å². The molecule has 0 aliphatic rings. The molecule has 0 saturated carbocycles. The molecule has 1 N–H and O–H groups in total. The minimum absolute atomic E-state index is 0.166. The van der Waals surface area contributed by atoms with Crippen molar-refractivity contribution in [2.24, 2.45) is 5.92 Å². The second-order valence-corrected chi connectivity index (χ2v) is 12.3. The zero-order valence-electron chi connectivity index (χ0n) is 20.0. The van der Waals surface area contributed by atoms with Crippen LogP contribution in [0.5, 0.6) is 0 Å². The molecule has 10 heteroatoms. The van der Waals surface area contributed by atoms with Gasteiger partial charge in [-0.3, -0.25) is 13.9 Å². The Balaban J connectivity index is 2.37. The van der Waals surface area contributed by atoms with Gasteiger partial charge in [0, 0.05) is 22.0 Å². The van der Waals surface area contributed by atoms with Gasteiger partial charge >= 0.3 is 0 Å². The van der Waals surface area contributed by atoms with Crippen LogP contribution in [0.15, 0.2) is 51.4 Å². The molecular formula is C24H31Br2N3O4S. The largest absolute Gasteiger partial charge is 0.354 e. The Labute approximate surface area is 219 Å². The second kappa shape index (κ2) is 12.2. The minimum Gasteiger partial charge on any atom is -0.354 e. The third-order valence-corrected chi connectivity index (χ3v) is 7.79. The standard InChI is InChI=1S/C24H31Br2N3O4S/c1-16(2)13-27-24(31)18(4)28(14-19-6-8-20(25)9-7-19)23(30)15-29(34(5,32)33)21-10-11-22(26)17(3)12-21/h6-12,16,18H,13-15H2,1-5H3,(H,27,31)/t18-/m0/s1. The number of benzene rings is 2. The highest BCUT2D eigenvalue weighted by atomic mass is 79.9. The van der Waals surface area contributed by atoms with Gasteiger partial charge in [-0.2, -0.15) is 0 Å². The summed E-state index contributed by atoms with van der Waals surface area (Å²) in [4.78, 5) is 27.7. The summed E-state index contributed by atoms with van der Waals surface area (Å²) in [5.41, 5.74) is 2.05. The molecule has 0 aliphatic heterocycles. The van der Waals surface area contributed by atoms with Crippen molar-refractivity contribution in [3.05, 3.63) is 62.5 Å². The Hall–Kier alpha value is -1.91. The smallest absolute Gasteiger partial charge is 0.244 e. The summed E-state index contributed by atoms with van der Waals surface area (Å²) in [6, 6.07) is 11.7. The van der Waals surface area contributed by atoms with Crippen LogP contribution in [0.3, 0.4) is 0 Å². The molecule has 2 rings (SSSR count). The van der Waals surface area contributed by atoms with Crippen LogP contribution < -0.4 is 9.62 Å². The first-order valence-electron chi connectivity index (χ1n) is 10.8. The van der Waals surface area contributed by atoms with Crippen LogP contribution >= 0.6 is 31.9 Å². The number of carbonyl (C=O) groups is 2. The molecule has 7 nitrogen and oxygen atoms in total. The van der Waals surface area contributed by atoms with E-state index in [0.717, 1.165) is 30.6 Å². The van der Waals surface area contributed by atoms with E-state index >= 15 is 0 Å². The molecule has 1 atom stereocenters. The van der Waals surface area contributed by atoms with Gasteiger partial charge in [0.2, 0.25) is 21.8 Å². The Bertz CT molecular complexity index is 1120. The van der Waals surface area contributed by atoms with Gasteiger partial charge in [0.25, 0.3) is 0 Å². The molecule has 0 aliphatic carbocycles. The molecule has 0 unspecified atom stereocenters. The van der Waals surface area contributed by atoms with Crippen molar-refractivity contribution < 1.29 is 18.0 Å². The fraction of sp³-hybridized carbons (Fsp3) is 0.417. The van der Waals surface area contributed by atoms with E-state index in [1.54, 1.807) is 25.1 Å². The van der Waals surface area contributed by atoms with Crippen LogP contribution in [0, 0.1) is 12.8 Å². The number of amides is 2. The van der Waals surface area contributed by atoms with Crippen LogP contribution in [0.1, 0.15) is 31.9 Å². The zero-order chi connectivity index (χ0) is 25.6. The lowest BCUT2D eigenvalue weighted by Gasteiger charge is -2.31. The maximum absolute atomic E-state index is 13.5. The van der Waals surface area contributed by atoms with E-state index in [2.05, 4.69) is 37.2 Å². The predicted octanol–water partition coefficient (Wildman–Crippen LogP) is 4.48. The number of nitrogens with one attached hydrogen (secondary N) is 1. The summed E-state index contributed by atoms with van der Waals surface area (Å²) in [7, 11) is -3.76. The summed E-state index contributed by atoms with van der Waals surface area (Å²) < 4.78 is 28.0. The van der Waals surface area contributed by atoms with Gasteiger partial charge in [0.05, 0.1) is 11.9 Å². The monoisotopic (exact) mass is 615 g/mol. The molecule has 186 valence electrons. The minimum atomic E-state index is -3.76. The van der Waals surface area contributed by atoms with Crippen molar-refractivity contribution in [3.8, 4) is 0 Å². The number of halogens is 2. The Morgan fingerprint density at radius 3 is 2.18 bits per heavy atom. The zero-order valence-corrected chi connectivity index (χ0v) is 24.0. The maximum Gasteiger partial charge on any atom is 0.244 e. The average molecular weight is 617 g/mol. The van der Waals surface area contributed by atoms with E-state index in [4.69, 9.17) is 0 Å². The molecule has 34 heavy (non-hydrogen) atoms. The van der Waals surface area contributed by atoms with Gasteiger partial charge < -0.3 is 10.2 Å². The number of rotatable bonds is 10. The van der Waals surface area contributed by atoms with Gasteiger partial charge in [0.1, 0.15) is 12.6 Å². The third-order valence-electron chi connectivity index (χ3n) is 5.23. The fourth-order valence-electron chi connectivity index (χ4n) is 3.22. The number of anilines is 1. The van der Waals surface area contributed by atoms with E-state index in [1.807, 2.05) is 45.0 Å². The predicted molar refractivity (Wildman–Crippen MR) is 143 cm³/mol. The van der Waals surface area contributed by atoms with Crippen molar-refractivity contribution in [2.75, 3.05) is 23.7 Å². The van der Waals surface area contributed by atoms with Gasteiger partial charge in [-0.1, -0.05) is 57.8 Å². The van der Waals surface area contributed by atoms with Gasteiger partial charge in [-0.25, -0.2) is 8.42 Å². The highest BCUT2D eigenvalue weighted by molar-refractivity contribution is 9.10. The molecule has 0 aromatic heterocycles. The first-order valence-corrected chi connectivity index (χ1v) is 14.3. The normalized spacial score (nSPS) is 12.4. The quantitative estimate of drug-likeness (QED) is 0.427. The summed E-state index contributed by atoms with van der Waals surface area (Å²) in [6.07, 6.45) is 1.06. The van der Waals surface area contributed by atoms with Gasteiger partial charge in [0.15, 0.2) is 0 Å². The summed E-state index contributed by atoms with van der Waals surface area (Å²) in [5.74, 6) is -0.501. The van der Waals surface area contributed by atoms with Crippen LogP contribution in [-0.2, 0) is 26.2 Å². The highest BCUT2D eigenvalue weighted by Crippen LogP contribution is 2.25. The first-order chi connectivity index (χ1) is 15.8. The summed E-state index contributed by atoms with van der Waals surface area (Å²) in [6.45, 7) is 7.70. The molecule has 2 amide bonds. The van der Waals surface area contributed by atoms with E-state index in [-0.39, 0.29) is 18.4 Å².